The van der Waals surface area contributed by atoms with Gasteiger partial charge in [-0.05, 0) is 12.1 Å². The number of aliphatic hydroxyl groups is 1. The fourth-order valence-electron chi connectivity index (χ4n) is 3.31. The third-order valence-corrected chi connectivity index (χ3v) is 4.97. The van der Waals surface area contributed by atoms with Crippen LogP contribution in [0.25, 0.3) is 0 Å². The molecule has 206 valence electrons. The predicted molar refractivity (Wildman–Crippen MR) is 105 cm³/mol. The van der Waals surface area contributed by atoms with Gasteiger partial charge in [-0.25, -0.2) is 9.59 Å². The SMILES string of the molecule is O=C(O)C(F)(F)F.O=C(O)C(F)(F)F.O[C@H]1CNC[C@@H]1N1CCN(c2ccccc2C(F)(F)F)CC1. The lowest BCUT2D eigenvalue weighted by atomic mass is 10.1. The second-order valence-electron chi connectivity index (χ2n) is 7.44. The number of carboxylic acids is 2. The molecule has 1 aromatic carbocycles. The Hall–Kier alpha value is -2.79. The molecule has 8 nitrogen and oxygen atoms in total. The molecule has 0 aliphatic carbocycles. The summed E-state index contributed by atoms with van der Waals surface area (Å²) in [5, 5.41) is 27.3. The number of aliphatic carboxylic acids is 2. The van der Waals surface area contributed by atoms with Gasteiger partial charge in [-0.2, -0.15) is 39.5 Å². The van der Waals surface area contributed by atoms with Crippen LogP contribution in [0, 0.1) is 0 Å². The summed E-state index contributed by atoms with van der Waals surface area (Å²) in [6.07, 6.45) is -14.9. The molecule has 0 radical (unpaired) electrons. The van der Waals surface area contributed by atoms with Gasteiger partial charge in [0.1, 0.15) is 0 Å². The highest BCUT2D eigenvalue weighted by molar-refractivity contribution is 5.73. The Kier molecular flexibility index (Phi) is 10.8. The van der Waals surface area contributed by atoms with Gasteiger partial charge in [0.15, 0.2) is 0 Å². The highest BCUT2D eigenvalue weighted by Crippen LogP contribution is 2.36. The number of nitrogens with one attached hydrogen (secondary N) is 1. The highest BCUT2D eigenvalue weighted by Gasteiger charge is 2.39. The Bertz CT molecular complexity index is 845. The summed E-state index contributed by atoms with van der Waals surface area (Å²) >= 11 is 0. The number of β-amino-alcohol motifs (C(OH)–C–C–N with tert-alkyl or cyclic N) is 1. The Morgan fingerprint density at radius 3 is 1.61 bits per heavy atom. The third kappa shape index (κ3) is 9.69. The van der Waals surface area contributed by atoms with Gasteiger partial charge in [-0.1, -0.05) is 12.1 Å². The van der Waals surface area contributed by atoms with E-state index in [0.717, 1.165) is 12.6 Å². The zero-order valence-electron chi connectivity index (χ0n) is 18.2. The predicted octanol–water partition coefficient (Wildman–Crippen LogP) is 2.43. The van der Waals surface area contributed by atoms with Crippen molar-refractivity contribution >= 4 is 17.6 Å². The molecule has 1 aromatic rings. The summed E-state index contributed by atoms with van der Waals surface area (Å²) in [6.45, 7) is 3.72. The van der Waals surface area contributed by atoms with Crippen LogP contribution in [0.1, 0.15) is 5.56 Å². The maximum Gasteiger partial charge on any atom is 0.490 e. The third-order valence-electron chi connectivity index (χ3n) is 4.97. The zero-order valence-corrected chi connectivity index (χ0v) is 18.2. The van der Waals surface area contributed by atoms with Crippen LogP contribution >= 0.6 is 0 Å². The first-order chi connectivity index (χ1) is 16.4. The van der Waals surface area contributed by atoms with Crippen molar-refractivity contribution in [2.24, 2.45) is 0 Å². The van der Waals surface area contributed by atoms with E-state index in [1.165, 1.54) is 12.1 Å². The molecular formula is C19H22F9N3O5. The van der Waals surface area contributed by atoms with E-state index in [1.807, 2.05) is 0 Å². The number of anilines is 1. The van der Waals surface area contributed by atoms with Crippen LogP contribution in [-0.2, 0) is 15.8 Å². The number of carbonyl (C=O) groups is 2. The Morgan fingerprint density at radius 2 is 1.25 bits per heavy atom. The van der Waals surface area contributed by atoms with Crippen LogP contribution < -0.4 is 10.2 Å². The monoisotopic (exact) mass is 543 g/mol. The number of benzene rings is 1. The molecule has 36 heavy (non-hydrogen) atoms. The van der Waals surface area contributed by atoms with Gasteiger partial charge in [0.25, 0.3) is 0 Å². The number of hydrogen-bond acceptors (Lipinski definition) is 6. The van der Waals surface area contributed by atoms with Crippen LogP contribution in [0.15, 0.2) is 24.3 Å². The molecule has 2 heterocycles. The van der Waals surface area contributed by atoms with Gasteiger partial charge in [0.2, 0.25) is 0 Å². The Morgan fingerprint density at radius 1 is 0.806 bits per heavy atom. The van der Waals surface area contributed by atoms with E-state index in [0.29, 0.717) is 32.7 Å². The molecule has 2 aliphatic rings. The number of hydrogen-bond donors (Lipinski definition) is 4. The number of halogens is 9. The number of nitrogens with zero attached hydrogens (tertiary/aromatic N) is 2. The zero-order chi connectivity index (χ0) is 27.9. The standard InChI is InChI=1S/C15H20F3N3O.2C2HF3O2/c16-15(17,18)11-3-1-2-4-12(11)20-5-7-21(8-6-20)13-9-19-10-14(13)22;2*3-2(4,5)1(6)7/h1-4,13-14,19,22H,5-10H2;2*(H,6,7)/t13-,14-;;/m0../s1. The molecule has 2 saturated heterocycles. The topological polar surface area (TPSA) is 113 Å². The molecular weight excluding hydrogens is 521 g/mol. The van der Waals surface area contributed by atoms with Gasteiger partial charge in [-0.3, -0.25) is 4.90 Å². The number of para-hydroxylation sites is 1. The molecule has 0 aromatic heterocycles. The van der Waals surface area contributed by atoms with Crippen LogP contribution in [0.2, 0.25) is 0 Å². The van der Waals surface area contributed by atoms with E-state index >= 15 is 0 Å². The summed E-state index contributed by atoms with van der Waals surface area (Å²) in [7, 11) is 0. The minimum Gasteiger partial charge on any atom is -0.475 e. The first-order valence-corrected chi connectivity index (χ1v) is 10.00. The summed E-state index contributed by atoms with van der Waals surface area (Å²) < 4.78 is 103. The lowest BCUT2D eigenvalue weighted by Crippen LogP contribution is -2.54. The second-order valence-corrected chi connectivity index (χ2v) is 7.44. The van der Waals surface area contributed by atoms with E-state index < -0.39 is 42.1 Å². The van der Waals surface area contributed by atoms with E-state index in [4.69, 9.17) is 19.8 Å². The highest BCUT2D eigenvalue weighted by atomic mass is 19.4. The molecule has 0 saturated carbocycles. The van der Waals surface area contributed by atoms with Crippen LogP contribution in [0.5, 0.6) is 0 Å². The van der Waals surface area contributed by atoms with Crippen LogP contribution in [0.3, 0.4) is 0 Å². The first-order valence-electron chi connectivity index (χ1n) is 10.00. The van der Waals surface area contributed by atoms with Gasteiger partial charge >= 0.3 is 30.5 Å². The van der Waals surface area contributed by atoms with E-state index in [2.05, 4.69) is 10.2 Å². The van der Waals surface area contributed by atoms with E-state index in [-0.39, 0.29) is 11.7 Å². The number of aliphatic hydroxyl groups excluding tert-OH is 1. The number of carboxylic acid groups (broad SMARTS) is 2. The normalized spacial score (nSPS) is 21.1. The van der Waals surface area contributed by atoms with Gasteiger partial charge in [0.05, 0.1) is 11.7 Å². The molecule has 4 N–H and O–H groups in total. The smallest absolute Gasteiger partial charge is 0.475 e. The van der Waals surface area contributed by atoms with Gasteiger partial charge in [-0.15, -0.1) is 0 Å². The maximum absolute atomic E-state index is 13.1. The van der Waals surface area contributed by atoms with Gasteiger partial charge in [0, 0.05) is 51.0 Å². The van der Waals surface area contributed by atoms with Crippen molar-refractivity contribution in [2.45, 2.75) is 30.7 Å². The Balaban J connectivity index is 0.000000383. The average molecular weight is 543 g/mol. The summed E-state index contributed by atoms with van der Waals surface area (Å²) in [6, 6.07) is 5.79. The van der Waals surface area contributed by atoms with Crippen molar-refractivity contribution in [1.82, 2.24) is 10.2 Å². The lowest BCUT2D eigenvalue weighted by molar-refractivity contribution is -0.193. The molecule has 0 bridgehead atoms. The van der Waals surface area contributed by atoms with Crippen molar-refractivity contribution in [3.05, 3.63) is 29.8 Å². The number of alkyl halides is 9. The molecule has 17 heteroatoms. The molecule has 3 rings (SSSR count). The fourth-order valence-corrected chi connectivity index (χ4v) is 3.31. The first kappa shape index (κ1) is 31.2. The minimum absolute atomic E-state index is 0.0695. The van der Waals surface area contributed by atoms with Crippen molar-refractivity contribution in [3.8, 4) is 0 Å². The lowest BCUT2D eigenvalue weighted by Gasteiger charge is -2.40. The molecule has 2 fully saturated rings. The van der Waals surface area contributed by atoms with Crippen LogP contribution in [0.4, 0.5) is 45.2 Å². The molecule has 0 unspecified atom stereocenters. The van der Waals surface area contributed by atoms with Crippen molar-refractivity contribution in [1.29, 1.82) is 0 Å². The average Bonchev–Trinajstić information content (AvgIpc) is 3.18. The molecule has 0 amide bonds. The van der Waals surface area contributed by atoms with Crippen molar-refractivity contribution in [2.75, 3.05) is 44.2 Å². The molecule has 2 aliphatic heterocycles. The fraction of sp³-hybridized carbons (Fsp3) is 0.579. The largest absolute Gasteiger partial charge is 0.490 e. The number of rotatable bonds is 2. The van der Waals surface area contributed by atoms with E-state index in [9.17, 15) is 44.6 Å². The summed E-state index contributed by atoms with van der Waals surface area (Å²) in [5.74, 6) is -5.51. The molecule has 0 spiro atoms. The number of piperazine rings is 1. The summed E-state index contributed by atoms with van der Waals surface area (Å²) in [4.78, 5) is 21.7. The van der Waals surface area contributed by atoms with Gasteiger partial charge < -0.3 is 25.5 Å². The second kappa shape index (κ2) is 12.4. The quantitative estimate of drug-likeness (QED) is 0.421. The minimum atomic E-state index is -5.08. The summed E-state index contributed by atoms with van der Waals surface area (Å²) in [5.41, 5.74) is -0.328. The van der Waals surface area contributed by atoms with Crippen LogP contribution in [-0.4, -0.2) is 95.9 Å². The Labute approximate surface area is 197 Å². The maximum atomic E-state index is 13.1. The van der Waals surface area contributed by atoms with E-state index in [1.54, 1.807) is 11.0 Å². The van der Waals surface area contributed by atoms with Crippen molar-refractivity contribution in [3.63, 3.8) is 0 Å². The van der Waals surface area contributed by atoms with Crippen molar-refractivity contribution < 1.29 is 64.4 Å². The molecule has 2 atom stereocenters.